The van der Waals surface area contributed by atoms with Crippen molar-refractivity contribution in [3.05, 3.63) is 35.0 Å². The van der Waals surface area contributed by atoms with Crippen molar-refractivity contribution in [2.24, 2.45) is 16.6 Å². The van der Waals surface area contributed by atoms with E-state index in [-0.39, 0.29) is 23.5 Å². The largest absolute Gasteiger partial charge is 0.365 e. The number of hydrogen-bond acceptors (Lipinski definition) is 8. The summed E-state index contributed by atoms with van der Waals surface area (Å²) in [4.78, 5) is 20.5. The number of nitrogens with zero attached hydrogens (tertiary/aromatic N) is 3. The molecule has 1 aliphatic rings. The average Bonchev–Trinajstić information content (AvgIpc) is 2.72. The number of nitrogens with one attached hydrogen (secondary N) is 3. The number of nitrogens with two attached hydrogens (primary N) is 3. The standard InChI is InChI=1S/C19H24ClN9O/c20-13-6-5-11(9-16(13)29-25-8-7-21)26-18-12(17(23)30)10-24-19(28-18)27-15-4-2-1-3-14(15)22/h5-10,14-15,21,29H,1-4,22H2,(H2,23,30)(H2,24,26,27,28)/p+1. The van der Waals surface area contributed by atoms with Crippen molar-refractivity contribution in [3.8, 4) is 0 Å². The van der Waals surface area contributed by atoms with Gasteiger partial charge >= 0.3 is 0 Å². The van der Waals surface area contributed by atoms with E-state index in [1.54, 1.807) is 18.2 Å². The molecule has 158 valence electrons. The number of amides is 1. The maximum absolute atomic E-state index is 11.9. The molecule has 0 bridgehead atoms. The van der Waals surface area contributed by atoms with Crippen molar-refractivity contribution in [1.29, 1.82) is 5.41 Å². The molecular formula is C19H25ClN9O+. The van der Waals surface area contributed by atoms with Crippen LogP contribution in [0.2, 0.25) is 5.02 Å². The maximum atomic E-state index is 11.9. The molecule has 2 atom stereocenters. The molecule has 1 aliphatic carbocycles. The predicted molar refractivity (Wildman–Crippen MR) is 118 cm³/mol. The summed E-state index contributed by atoms with van der Waals surface area (Å²) in [5.41, 5.74) is 14.7. The molecule has 0 aliphatic heterocycles. The van der Waals surface area contributed by atoms with Gasteiger partial charge in [0.05, 0.1) is 0 Å². The maximum Gasteiger partial charge on any atom is 0.254 e. The van der Waals surface area contributed by atoms with Gasteiger partial charge in [0.1, 0.15) is 22.6 Å². The molecule has 3 rings (SSSR count). The number of carbonyl (C=O) groups excluding carboxylic acids is 1. The molecule has 9 N–H and O–H groups in total. The molecule has 30 heavy (non-hydrogen) atoms. The molecule has 0 radical (unpaired) electrons. The Labute approximate surface area is 179 Å². The van der Waals surface area contributed by atoms with E-state index in [2.05, 4.69) is 25.7 Å². The fourth-order valence-electron chi connectivity index (χ4n) is 3.26. The number of carbonyl (C=O) groups is 1. The third-order valence-electron chi connectivity index (χ3n) is 4.82. The van der Waals surface area contributed by atoms with Crippen LogP contribution in [0, 0.1) is 5.41 Å². The third-order valence-corrected chi connectivity index (χ3v) is 5.17. The summed E-state index contributed by atoms with van der Waals surface area (Å²) in [7, 11) is 0. The van der Waals surface area contributed by atoms with Gasteiger partial charge in [-0.1, -0.05) is 29.5 Å². The second kappa shape index (κ2) is 10.1. The van der Waals surface area contributed by atoms with Crippen LogP contribution in [0.15, 0.2) is 29.5 Å². The Morgan fingerprint density at radius 1 is 1.37 bits per heavy atom. The van der Waals surface area contributed by atoms with E-state index in [0.29, 0.717) is 22.3 Å². The Morgan fingerprint density at radius 3 is 2.90 bits per heavy atom. The van der Waals surface area contributed by atoms with Gasteiger partial charge in [-0.25, -0.2) is 4.98 Å². The molecule has 1 saturated carbocycles. The first-order chi connectivity index (χ1) is 14.5. The van der Waals surface area contributed by atoms with E-state index in [1.807, 2.05) is 0 Å². The molecular weight excluding hydrogens is 406 g/mol. The van der Waals surface area contributed by atoms with Crippen LogP contribution >= 0.6 is 11.6 Å². The Balaban J connectivity index is 1.84. The number of halogens is 1. The van der Waals surface area contributed by atoms with E-state index in [4.69, 9.17) is 28.5 Å². The number of rotatable bonds is 8. The highest BCUT2D eigenvalue weighted by molar-refractivity contribution is 6.32. The van der Waals surface area contributed by atoms with Crippen molar-refractivity contribution in [1.82, 2.24) is 9.97 Å². The van der Waals surface area contributed by atoms with E-state index in [0.717, 1.165) is 31.9 Å². The van der Waals surface area contributed by atoms with Crippen molar-refractivity contribution in [3.63, 3.8) is 0 Å². The van der Waals surface area contributed by atoms with E-state index in [1.165, 1.54) is 17.8 Å². The lowest BCUT2D eigenvalue weighted by molar-refractivity contribution is -0.576. The third kappa shape index (κ3) is 5.50. The minimum atomic E-state index is -0.644. The van der Waals surface area contributed by atoms with Crippen molar-refractivity contribution < 1.29 is 10.2 Å². The summed E-state index contributed by atoms with van der Waals surface area (Å²) in [6.45, 7) is 0. The van der Waals surface area contributed by atoms with Crippen LogP contribution in [-0.2, 0) is 0 Å². The molecule has 1 fully saturated rings. The van der Waals surface area contributed by atoms with E-state index in [9.17, 15) is 4.79 Å². The molecule has 2 unspecified atom stereocenters. The number of aromatic nitrogens is 2. The predicted octanol–water partition coefficient (Wildman–Crippen LogP) is 1.48. The first-order valence-electron chi connectivity index (χ1n) is 9.59. The van der Waals surface area contributed by atoms with Gasteiger partial charge < -0.3 is 27.5 Å². The number of anilines is 3. The quantitative estimate of drug-likeness (QED) is 0.160. The number of benzene rings is 1. The fourth-order valence-corrected chi connectivity index (χ4v) is 3.42. The van der Waals surface area contributed by atoms with Gasteiger partial charge in [0.2, 0.25) is 5.95 Å². The van der Waals surface area contributed by atoms with Crippen LogP contribution in [0.1, 0.15) is 36.0 Å². The summed E-state index contributed by atoms with van der Waals surface area (Å²) < 4.78 is 0. The van der Waals surface area contributed by atoms with Crippen LogP contribution in [0.25, 0.3) is 0 Å². The van der Waals surface area contributed by atoms with Crippen LogP contribution < -0.4 is 27.5 Å². The van der Waals surface area contributed by atoms with Gasteiger partial charge in [-0.05, 0) is 25.0 Å². The van der Waals surface area contributed by atoms with Gasteiger partial charge in [0.15, 0.2) is 5.69 Å². The van der Waals surface area contributed by atoms with Gasteiger partial charge in [-0.2, -0.15) is 10.4 Å². The van der Waals surface area contributed by atoms with Crippen LogP contribution in [0.3, 0.4) is 0 Å². The van der Waals surface area contributed by atoms with E-state index >= 15 is 0 Å². The number of quaternary nitrogens is 1. The molecule has 0 spiro atoms. The van der Waals surface area contributed by atoms with E-state index < -0.39 is 5.91 Å². The van der Waals surface area contributed by atoms with Crippen LogP contribution in [-0.4, -0.2) is 40.4 Å². The first-order valence-corrected chi connectivity index (χ1v) is 9.96. The SMILES string of the molecule is N=CC=N[NH2+]c1cc(Nc2nc(NC3CCCCC3N)ncc2C(N)=O)ccc1Cl. The highest BCUT2D eigenvalue weighted by Crippen LogP contribution is 2.26. The molecule has 2 aromatic rings. The van der Waals surface area contributed by atoms with Crippen molar-refractivity contribution in [2.45, 2.75) is 37.8 Å². The average molecular weight is 431 g/mol. The zero-order valence-corrected chi connectivity index (χ0v) is 17.1. The minimum Gasteiger partial charge on any atom is -0.365 e. The van der Waals surface area contributed by atoms with Crippen LogP contribution in [0.4, 0.5) is 23.1 Å². The van der Waals surface area contributed by atoms with Gasteiger partial charge in [-0.3, -0.25) is 4.79 Å². The number of primary amides is 1. The fraction of sp³-hybridized carbons (Fsp3) is 0.316. The zero-order chi connectivity index (χ0) is 21.5. The molecule has 11 heteroatoms. The highest BCUT2D eigenvalue weighted by atomic mass is 35.5. The first kappa shape index (κ1) is 21.6. The summed E-state index contributed by atoms with van der Waals surface area (Å²) in [5, 5.41) is 17.8. The monoisotopic (exact) mass is 430 g/mol. The van der Waals surface area contributed by atoms with Gasteiger partial charge in [0, 0.05) is 36.2 Å². The summed E-state index contributed by atoms with van der Waals surface area (Å²) >= 11 is 6.20. The molecule has 1 aromatic heterocycles. The zero-order valence-electron chi connectivity index (χ0n) is 16.3. The Morgan fingerprint density at radius 2 is 2.17 bits per heavy atom. The number of hydrogen-bond donors (Lipinski definition) is 6. The topological polar surface area (TPSA) is 172 Å². The molecule has 1 heterocycles. The Kier molecular flexibility index (Phi) is 7.28. The van der Waals surface area contributed by atoms with Crippen molar-refractivity contribution in [2.75, 3.05) is 10.6 Å². The Hall–Kier alpha value is -3.08. The molecule has 1 aromatic carbocycles. The lowest BCUT2D eigenvalue weighted by atomic mass is 9.91. The van der Waals surface area contributed by atoms with Crippen molar-refractivity contribution >= 4 is 53.1 Å². The molecule has 10 nitrogen and oxygen atoms in total. The summed E-state index contributed by atoms with van der Waals surface area (Å²) in [6, 6.07) is 5.30. The summed E-state index contributed by atoms with van der Waals surface area (Å²) in [6.07, 6.45) is 7.91. The second-order valence-corrected chi connectivity index (χ2v) is 7.38. The van der Waals surface area contributed by atoms with Crippen LogP contribution in [0.5, 0.6) is 0 Å². The second-order valence-electron chi connectivity index (χ2n) is 6.97. The normalized spacial score (nSPS) is 18.9. The highest BCUT2D eigenvalue weighted by Gasteiger charge is 2.23. The smallest absolute Gasteiger partial charge is 0.254 e. The lowest BCUT2D eigenvalue weighted by Gasteiger charge is -2.29. The molecule has 1 amide bonds. The Bertz CT molecular complexity index is 950. The lowest BCUT2D eigenvalue weighted by Crippen LogP contribution is -2.71. The van der Waals surface area contributed by atoms with Gasteiger partial charge in [0.25, 0.3) is 5.91 Å². The minimum absolute atomic E-state index is 0.0328. The van der Waals surface area contributed by atoms with Gasteiger partial charge in [-0.15, -0.1) is 0 Å². The summed E-state index contributed by atoms with van der Waals surface area (Å²) in [5.74, 6) is 0.0107. The molecule has 0 saturated heterocycles.